The first kappa shape index (κ1) is 21.0. The van der Waals surface area contributed by atoms with Gasteiger partial charge in [0.15, 0.2) is 0 Å². The second-order valence-electron chi connectivity index (χ2n) is 12.2. The first-order chi connectivity index (χ1) is 13.3. The molecule has 0 aromatic rings. The number of aliphatic hydroxyl groups is 1. The molecule has 0 radical (unpaired) electrons. The fourth-order valence-electron chi connectivity index (χ4n) is 8.51. The first-order valence-corrected chi connectivity index (χ1v) is 12.6. The minimum Gasteiger partial charge on any atom is -0.393 e. The van der Waals surface area contributed by atoms with E-state index < -0.39 is 0 Å². The second-order valence-corrected chi connectivity index (χ2v) is 12.2. The maximum absolute atomic E-state index is 10.2. The summed E-state index contributed by atoms with van der Waals surface area (Å²) in [5.74, 6) is 5.10. The van der Waals surface area contributed by atoms with Gasteiger partial charge in [0.2, 0.25) is 0 Å². The molecule has 8 unspecified atom stereocenters. The van der Waals surface area contributed by atoms with E-state index in [0.717, 1.165) is 48.3 Å². The van der Waals surface area contributed by atoms with Crippen molar-refractivity contribution in [3.05, 3.63) is 11.6 Å². The molecule has 0 amide bonds. The molecule has 0 aliphatic heterocycles. The van der Waals surface area contributed by atoms with Gasteiger partial charge in [-0.05, 0) is 97.7 Å². The predicted octanol–water partition coefficient (Wildman–Crippen LogP) is 7.39. The lowest BCUT2D eigenvalue weighted by Crippen LogP contribution is -2.52. The highest BCUT2D eigenvalue weighted by molar-refractivity contribution is 5.30. The van der Waals surface area contributed by atoms with Gasteiger partial charge in [-0.15, -0.1) is 0 Å². The molecule has 4 aliphatic carbocycles. The highest BCUT2D eigenvalue weighted by Gasteiger charge is 2.57. The maximum Gasteiger partial charge on any atom is 0.0543 e. The molecule has 1 heteroatoms. The third-order valence-corrected chi connectivity index (χ3v) is 10.2. The van der Waals surface area contributed by atoms with Crippen molar-refractivity contribution in [3.8, 4) is 0 Å². The zero-order valence-electron chi connectivity index (χ0n) is 19.3. The quantitative estimate of drug-likeness (QED) is 0.488. The monoisotopic (exact) mass is 386 g/mol. The number of allylic oxidation sites excluding steroid dienone is 2. The van der Waals surface area contributed by atoms with Crippen molar-refractivity contribution in [2.45, 2.75) is 111 Å². The minimum absolute atomic E-state index is 0.0229. The van der Waals surface area contributed by atoms with E-state index in [2.05, 4.69) is 40.7 Å². The largest absolute Gasteiger partial charge is 0.393 e. The summed E-state index contributed by atoms with van der Waals surface area (Å²) in [6.45, 7) is 12.5. The topological polar surface area (TPSA) is 20.2 Å². The van der Waals surface area contributed by atoms with Crippen LogP contribution in [0.2, 0.25) is 0 Å². The van der Waals surface area contributed by atoms with Crippen molar-refractivity contribution in [2.24, 2.45) is 46.3 Å². The minimum atomic E-state index is -0.0229. The Morgan fingerprint density at radius 3 is 2.57 bits per heavy atom. The van der Waals surface area contributed by atoms with Crippen LogP contribution in [-0.4, -0.2) is 11.2 Å². The van der Waals surface area contributed by atoms with E-state index in [1.807, 2.05) is 5.57 Å². The molecule has 3 fully saturated rings. The van der Waals surface area contributed by atoms with Crippen LogP contribution >= 0.6 is 0 Å². The van der Waals surface area contributed by atoms with Gasteiger partial charge in [0.05, 0.1) is 6.10 Å². The number of hydrogen-bond acceptors (Lipinski definition) is 1. The Balaban J connectivity index is 1.47. The van der Waals surface area contributed by atoms with Crippen LogP contribution in [-0.2, 0) is 0 Å². The zero-order valence-corrected chi connectivity index (χ0v) is 19.3. The molecule has 0 aromatic carbocycles. The van der Waals surface area contributed by atoms with E-state index in [0.29, 0.717) is 10.8 Å². The van der Waals surface area contributed by atoms with Crippen LogP contribution in [0, 0.1) is 46.3 Å². The van der Waals surface area contributed by atoms with Crippen LogP contribution in [0.5, 0.6) is 0 Å². The lowest BCUT2D eigenvalue weighted by molar-refractivity contribution is -0.0859. The van der Waals surface area contributed by atoms with Crippen molar-refractivity contribution < 1.29 is 5.11 Å². The van der Waals surface area contributed by atoms with Gasteiger partial charge < -0.3 is 5.11 Å². The molecular formula is C27H46O. The van der Waals surface area contributed by atoms with Crippen molar-refractivity contribution >= 4 is 0 Å². The van der Waals surface area contributed by atoms with E-state index in [-0.39, 0.29) is 6.10 Å². The average Bonchev–Trinajstić information content (AvgIpc) is 2.99. The molecular weight excluding hydrogens is 340 g/mol. The summed E-state index contributed by atoms with van der Waals surface area (Å²) in [4.78, 5) is 0. The Morgan fingerprint density at radius 2 is 1.82 bits per heavy atom. The van der Waals surface area contributed by atoms with Crippen LogP contribution in [0.3, 0.4) is 0 Å². The first-order valence-electron chi connectivity index (χ1n) is 12.6. The molecule has 28 heavy (non-hydrogen) atoms. The lowest BCUT2D eigenvalue weighted by atomic mass is 9.45. The highest BCUT2D eigenvalue weighted by atomic mass is 16.3. The summed E-state index contributed by atoms with van der Waals surface area (Å²) < 4.78 is 0. The van der Waals surface area contributed by atoms with E-state index in [9.17, 15) is 5.11 Å². The number of fused-ring (bicyclic) bond motifs is 5. The van der Waals surface area contributed by atoms with Crippen LogP contribution < -0.4 is 0 Å². The van der Waals surface area contributed by atoms with Gasteiger partial charge in [-0.3, -0.25) is 0 Å². The normalized spacial score (nSPS) is 46.5. The summed E-state index contributed by atoms with van der Waals surface area (Å²) in [7, 11) is 0. The zero-order chi connectivity index (χ0) is 20.1. The van der Waals surface area contributed by atoms with Crippen LogP contribution in [0.15, 0.2) is 11.6 Å². The Kier molecular flexibility index (Phi) is 5.80. The highest BCUT2D eigenvalue weighted by Crippen LogP contribution is 2.66. The summed E-state index contributed by atoms with van der Waals surface area (Å²) in [6.07, 6.45) is 17.3. The van der Waals surface area contributed by atoms with Crippen molar-refractivity contribution in [1.29, 1.82) is 0 Å². The van der Waals surface area contributed by atoms with Gasteiger partial charge in [0, 0.05) is 0 Å². The molecule has 0 saturated heterocycles. The fraction of sp³-hybridized carbons (Fsp3) is 0.926. The Hall–Kier alpha value is -0.300. The predicted molar refractivity (Wildman–Crippen MR) is 119 cm³/mol. The molecule has 160 valence electrons. The standard InChI is InChI=1S/C27H46O/c1-18(2)7-6-8-19(3)23-11-12-24-22-10-9-20-17-21(28)13-15-26(20,4)25(22)14-16-27(23,24)5/h12,18-23,25,28H,6-11,13-17H2,1-5H3. The van der Waals surface area contributed by atoms with Gasteiger partial charge in [-0.2, -0.15) is 0 Å². The van der Waals surface area contributed by atoms with E-state index in [1.54, 1.807) is 0 Å². The average molecular weight is 387 g/mol. The van der Waals surface area contributed by atoms with Crippen molar-refractivity contribution in [1.82, 2.24) is 0 Å². The van der Waals surface area contributed by atoms with Crippen LogP contribution in [0.1, 0.15) is 105 Å². The molecule has 0 aromatic heterocycles. The number of hydrogen-bond donors (Lipinski definition) is 1. The Morgan fingerprint density at radius 1 is 1.04 bits per heavy atom. The van der Waals surface area contributed by atoms with Gasteiger partial charge >= 0.3 is 0 Å². The smallest absolute Gasteiger partial charge is 0.0543 e. The van der Waals surface area contributed by atoms with E-state index in [4.69, 9.17) is 0 Å². The van der Waals surface area contributed by atoms with Crippen molar-refractivity contribution in [3.63, 3.8) is 0 Å². The summed E-state index contributed by atoms with van der Waals surface area (Å²) in [5.41, 5.74) is 2.86. The van der Waals surface area contributed by atoms with E-state index >= 15 is 0 Å². The summed E-state index contributed by atoms with van der Waals surface area (Å²) in [5, 5.41) is 10.2. The molecule has 0 bridgehead atoms. The van der Waals surface area contributed by atoms with Gasteiger partial charge in [0.1, 0.15) is 0 Å². The van der Waals surface area contributed by atoms with E-state index in [1.165, 1.54) is 57.8 Å². The second kappa shape index (κ2) is 7.75. The Bertz CT molecular complexity index is 591. The fourth-order valence-corrected chi connectivity index (χ4v) is 8.51. The summed E-state index contributed by atoms with van der Waals surface area (Å²) >= 11 is 0. The molecule has 4 rings (SSSR count). The molecule has 8 atom stereocenters. The van der Waals surface area contributed by atoms with Crippen LogP contribution in [0.4, 0.5) is 0 Å². The molecule has 4 aliphatic rings. The molecule has 3 saturated carbocycles. The molecule has 1 nitrogen and oxygen atoms in total. The van der Waals surface area contributed by atoms with Crippen molar-refractivity contribution in [2.75, 3.05) is 0 Å². The third kappa shape index (κ3) is 3.42. The number of aliphatic hydroxyl groups excluding tert-OH is 1. The van der Waals surface area contributed by atoms with Gasteiger partial charge in [-0.25, -0.2) is 0 Å². The molecule has 0 heterocycles. The lowest BCUT2D eigenvalue weighted by Gasteiger charge is -2.60. The Labute approximate surface area is 174 Å². The number of rotatable bonds is 5. The maximum atomic E-state index is 10.2. The third-order valence-electron chi connectivity index (χ3n) is 10.2. The van der Waals surface area contributed by atoms with Gasteiger partial charge in [-0.1, -0.05) is 65.5 Å². The SMILES string of the molecule is CC(C)CCCC(C)C1CC=C2C3CCC4CC(O)CCC4(C)C3CCC21C. The summed E-state index contributed by atoms with van der Waals surface area (Å²) in [6, 6.07) is 0. The van der Waals surface area contributed by atoms with Gasteiger partial charge in [0.25, 0.3) is 0 Å². The molecule has 1 N–H and O–H groups in total. The van der Waals surface area contributed by atoms with Crippen LogP contribution in [0.25, 0.3) is 0 Å². The molecule has 0 spiro atoms.